The van der Waals surface area contributed by atoms with E-state index in [0.29, 0.717) is 39.3 Å². The molecular weight excluding hydrogens is 398 g/mol. The number of imidazole rings is 1. The second-order valence-electron chi connectivity index (χ2n) is 7.67. The molecule has 162 valence electrons. The Balaban J connectivity index is 1.64. The van der Waals surface area contributed by atoms with Gasteiger partial charge in [-0.25, -0.2) is 14.8 Å². The Morgan fingerprint density at radius 3 is 2.84 bits per heavy atom. The number of carbonyl (C=O) groups is 1. The summed E-state index contributed by atoms with van der Waals surface area (Å²) in [6.45, 7) is 5.92. The van der Waals surface area contributed by atoms with E-state index >= 15 is 0 Å². The Bertz CT molecular complexity index is 1120. The van der Waals surface area contributed by atoms with Crippen molar-refractivity contribution in [3.63, 3.8) is 0 Å². The Morgan fingerprint density at radius 2 is 2.06 bits per heavy atom. The van der Waals surface area contributed by atoms with Gasteiger partial charge in [-0.3, -0.25) is 4.40 Å². The highest BCUT2D eigenvalue weighted by Crippen LogP contribution is 2.31. The highest BCUT2D eigenvalue weighted by atomic mass is 16.6. The summed E-state index contributed by atoms with van der Waals surface area (Å²) in [7, 11) is 0. The standard InChI is InChI=1S/C22H25N5O4/c1-2-31-22(29)26-7-6-17-19(14-26)27-13-18(15-4-3-5-16(28)12-15)24-20(21(27)23-17)25-8-10-30-11-9-25/h3-5,12-13,28H,2,6-11,14H2,1H3. The van der Waals surface area contributed by atoms with Crippen molar-refractivity contribution >= 4 is 17.6 Å². The van der Waals surface area contributed by atoms with E-state index < -0.39 is 0 Å². The Hall–Kier alpha value is -3.33. The molecule has 0 radical (unpaired) electrons. The lowest BCUT2D eigenvalue weighted by Gasteiger charge is -2.28. The van der Waals surface area contributed by atoms with Crippen LogP contribution in [0.5, 0.6) is 5.75 Å². The molecule has 31 heavy (non-hydrogen) atoms. The minimum Gasteiger partial charge on any atom is -0.508 e. The number of phenolic OH excluding ortho intramolecular Hbond substituents is 1. The summed E-state index contributed by atoms with van der Waals surface area (Å²) in [5.74, 6) is 0.981. The van der Waals surface area contributed by atoms with E-state index in [4.69, 9.17) is 19.4 Å². The number of benzene rings is 1. The van der Waals surface area contributed by atoms with Crippen molar-refractivity contribution < 1.29 is 19.4 Å². The molecule has 1 amide bonds. The lowest BCUT2D eigenvalue weighted by Crippen LogP contribution is -2.37. The van der Waals surface area contributed by atoms with Gasteiger partial charge in [0, 0.05) is 37.8 Å². The lowest BCUT2D eigenvalue weighted by molar-refractivity contribution is 0.102. The molecular formula is C22H25N5O4. The second kappa shape index (κ2) is 8.07. The number of amides is 1. The number of rotatable bonds is 3. The fourth-order valence-corrected chi connectivity index (χ4v) is 4.16. The number of anilines is 1. The van der Waals surface area contributed by atoms with Gasteiger partial charge in [0.2, 0.25) is 0 Å². The van der Waals surface area contributed by atoms with E-state index in [0.717, 1.165) is 47.2 Å². The molecule has 1 fully saturated rings. The fourth-order valence-electron chi connectivity index (χ4n) is 4.16. The van der Waals surface area contributed by atoms with Crippen molar-refractivity contribution in [1.29, 1.82) is 0 Å². The summed E-state index contributed by atoms with van der Waals surface area (Å²) in [5.41, 5.74) is 4.27. The fraction of sp³-hybridized carbons (Fsp3) is 0.409. The van der Waals surface area contributed by atoms with E-state index in [1.165, 1.54) is 0 Å². The maximum atomic E-state index is 12.3. The van der Waals surface area contributed by atoms with Gasteiger partial charge in [0.25, 0.3) is 0 Å². The van der Waals surface area contributed by atoms with Gasteiger partial charge < -0.3 is 24.4 Å². The third-order valence-electron chi connectivity index (χ3n) is 5.71. The molecule has 0 spiro atoms. The Morgan fingerprint density at radius 1 is 1.23 bits per heavy atom. The number of hydrogen-bond acceptors (Lipinski definition) is 7. The van der Waals surface area contributed by atoms with Gasteiger partial charge in [0.05, 0.1) is 43.4 Å². The van der Waals surface area contributed by atoms with Crippen LogP contribution in [0.25, 0.3) is 16.9 Å². The van der Waals surface area contributed by atoms with Crippen LogP contribution in [0.3, 0.4) is 0 Å². The maximum Gasteiger partial charge on any atom is 0.410 e. The van der Waals surface area contributed by atoms with Crippen LogP contribution in [0, 0.1) is 0 Å². The van der Waals surface area contributed by atoms with Gasteiger partial charge in [0.15, 0.2) is 11.5 Å². The van der Waals surface area contributed by atoms with Crippen molar-refractivity contribution in [3.8, 4) is 17.0 Å². The predicted octanol–water partition coefficient (Wildman–Crippen LogP) is 2.45. The van der Waals surface area contributed by atoms with Crippen LogP contribution in [0.2, 0.25) is 0 Å². The van der Waals surface area contributed by atoms with Crippen LogP contribution in [-0.2, 0) is 22.4 Å². The van der Waals surface area contributed by atoms with Gasteiger partial charge >= 0.3 is 6.09 Å². The van der Waals surface area contributed by atoms with Crippen molar-refractivity contribution in [2.24, 2.45) is 0 Å². The highest BCUT2D eigenvalue weighted by molar-refractivity contribution is 5.73. The summed E-state index contributed by atoms with van der Waals surface area (Å²) in [5, 5.41) is 9.97. The monoisotopic (exact) mass is 423 g/mol. The molecule has 1 saturated heterocycles. The first-order chi connectivity index (χ1) is 15.1. The zero-order valence-corrected chi connectivity index (χ0v) is 17.5. The SMILES string of the molecule is CCOC(=O)N1CCc2nc3c(N4CCOCC4)nc(-c4cccc(O)c4)cn3c2C1. The topological polar surface area (TPSA) is 92.4 Å². The van der Waals surface area contributed by atoms with Crippen molar-refractivity contribution in [2.75, 3.05) is 44.4 Å². The molecule has 1 aromatic carbocycles. The average molecular weight is 423 g/mol. The number of ether oxygens (including phenoxy) is 2. The summed E-state index contributed by atoms with van der Waals surface area (Å²) in [4.78, 5) is 26.1. The summed E-state index contributed by atoms with van der Waals surface area (Å²) < 4.78 is 12.8. The molecule has 5 rings (SSSR count). The molecule has 0 aliphatic carbocycles. The predicted molar refractivity (Wildman–Crippen MR) is 114 cm³/mol. The molecule has 0 saturated carbocycles. The lowest BCUT2D eigenvalue weighted by atomic mass is 10.1. The number of carbonyl (C=O) groups excluding carboxylic acids is 1. The largest absolute Gasteiger partial charge is 0.508 e. The third kappa shape index (κ3) is 3.65. The van der Waals surface area contributed by atoms with Crippen molar-refractivity contribution in [2.45, 2.75) is 19.9 Å². The van der Waals surface area contributed by atoms with E-state index in [1.807, 2.05) is 23.6 Å². The first kappa shape index (κ1) is 19.6. The van der Waals surface area contributed by atoms with Gasteiger partial charge in [-0.1, -0.05) is 12.1 Å². The molecule has 4 heterocycles. The van der Waals surface area contributed by atoms with Crippen LogP contribution in [0.15, 0.2) is 30.5 Å². The van der Waals surface area contributed by atoms with Gasteiger partial charge in [-0.15, -0.1) is 0 Å². The van der Waals surface area contributed by atoms with Crippen LogP contribution >= 0.6 is 0 Å². The third-order valence-corrected chi connectivity index (χ3v) is 5.71. The van der Waals surface area contributed by atoms with Crippen molar-refractivity contribution in [1.82, 2.24) is 19.3 Å². The smallest absolute Gasteiger partial charge is 0.410 e. The molecule has 2 aromatic heterocycles. The highest BCUT2D eigenvalue weighted by Gasteiger charge is 2.28. The van der Waals surface area contributed by atoms with E-state index in [1.54, 1.807) is 23.1 Å². The van der Waals surface area contributed by atoms with E-state index in [9.17, 15) is 9.90 Å². The number of fused-ring (bicyclic) bond motifs is 3. The molecule has 1 N–H and O–H groups in total. The van der Waals surface area contributed by atoms with Gasteiger partial charge in [0.1, 0.15) is 5.75 Å². The average Bonchev–Trinajstić information content (AvgIpc) is 3.17. The summed E-state index contributed by atoms with van der Waals surface area (Å²) >= 11 is 0. The second-order valence-corrected chi connectivity index (χ2v) is 7.67. The van der Waals surface area contributed by atoms with E-state index in [-0.39, 0.29) is 11.8 Å². The zero-order chi connectivity index (χ0) is 21.4. The van der Waals surface area contributed by atoms with Crippen LogP contribution in [-0.4, -0.2) is 69.9 Å². The first-order valence-corrected chi connectivity index (χ1v) is 10.6. The quantitative estimate of drug-likeness (QED) is 0.692. The Labute approximate surface area is 179 Å². The molecule has 9 heteroatoms. The van der Waals surface area contributed by atoms with Gasteiger partial charge in [-0.05, 0) is 19.1 Å². The number of aromatic hydroxyl groups is 1. The molecule has 2 aliphatic rings. The molecule has 3 aromatic rings. The molecule has 9 nitrogen and oxygen atoms in total. The van der Waals surface area contributed by atoms with Crippen LogP contribution in [0.1, 0.15) is 18.3 Å². The summed E-state index contributed by atoms with van der Waals surface area (Å²) in [6.07, 6.45) is 2.30. The Kier molecular flexibility index (Phi) is 5.11. The molecule has 0 atom stereocenters. The first-order valence-electron chi connectivity index (χ1n) is 10.6. The number of morpholine rings is 1. The van der Waals surface area contributed by atoms with Crippen LogP contribution in [0.4, 0.5) is 10.6 Å². The number of phenols is 1. The molecule has 0 bridgehead atoms. The maximum absolute atomic E-state index is 12.3. The number of hydrogen-bond donors (Lipinski definition) is 1. The normalized spacial score (nSPS) is 16.4. The number of nitrogens with zero attached hydrogens (tertiary/aromatic N) is 5. The van der Waals surface area contributed by atoms with Crippen molar-refractivity contribution in [3.05, 3.63) is 41.9 Å². The molecule has 0 unspecified atom stereocenters. The molecule has 2 aliphatic heterocycles. The van der Waals surface area contributed by atoms with Gasteiger partial charge in [-0.2, -0.15) is 0 Å². The van der Waals surface area contributed by atoms with Crippen LogP contribution < -0.4 is 4.90 Å². The summed E-state index contributed by atoms with van der Waals surface area (Å²) in [6, 6.07) is 7.06. The van der Waals surface area contributed by atoms with E-state index in [2.05, 4.69) is 4.90 Å². The minimum atomic E-state index is -0.307. The number of aromatic nitrogens is 3. The zero-order valence-electron chi connectivity index (χ0n) is 17.5. The minimum absolute atomic E-state index is 0.188.